The fraction of sp³-hybridized carbons (Fsp3) is 0.846. The predicted octanol–water partition coefficient (Wildman–Crippen LogP) is 1.43. The summed E-state index contributed by atoms with van der Waals surface area (Å²) in [6.45, 7) is 9.16. The quantitative estimate of drug-likeness (QED) is 0.780. The first kappa shape index (κ1) is 14.0. The van der Waals surface area contributed by atoms with Crippen LogP contribution in [0.5, 0.6) is 0 Å². The summed E-state index contributed by atoms with van der Waals surface area (Å²) in [6, 6.07) is 2.04. The maximum atomic E-state index is 12.1. The van der Waals surface area contributed by atoms with Gasteiger partial charge in [0.25, 0.3) is 0 Å². The van der Waals surface area contributed by atoms with Crippen molar-refractivity contribution in [3.8, 4) is 6.07 Å². The fourth-order valence-corrected chi connectivity index (χ4v) is 2.11. The van der Waals surface area contributed by atoms with E-state index in [1.54, 1.807) is 0 Å². The minimum absolute atomic E-state index is 0.0121. The minimum Gasteiger partial charge on any atom is -0.353 e. The van der Waals surface area contributed by atoms with Gasteiger partial charge in [-0.15, -0.1) is 0 Å². The number of nitriles is 1. The lowest BCUT2D eigenvalue weighted by molar-refractivity contribution is -0.127. The van der Waals surface area contributed by atoms with Gasteiger partial charge in [0, 0.05) is 6.54 Å². The molecule has 1 aliphatic heterocycles. The SMILES string of the molecule is CC(C)(C#N)CNC(=O)C1NCCCC1(C)C. The molecule has 1 aliphatic rings. The van der Waals surface area contributed by atoms with E-state index in [2.05, 4.69) is 30.6 Å². The highest BCUT2D eigenvalue weighted by molar-refractivity contribution is 5.82. The van der Waals surface area contributed by atoms with E-state index in [0.717, 1.165) is 19.4 Å². The summed E-state index contributed by atoms with van der Waals surface area (Å²) in [6.07, 6.45) is 2.17. The van der Waals surface area contributed by atoms with Crippen molar-refractivity contribution in [2.24, 2.45) is 10.8 Å². The van der Waals surface area contributed by atoms with Gasteiger partial charge >= 0.3 is 0 Å². The molecular weight excluding hydrogens is 214 g/mol. The van der Waals surface area contributed by atoms with Gasteiger partial charge in [-0.3, -0.25) is 4.79 Å². The number of nitrogens with zero attached hydrogens (tertiary/aromatic N) is 1. The molecular formula is C13H23N3O. The third-order valence-electron chi connectivity index (χ3n) is 3.40. The highest BCUT2D eigenvalue weighted by Gasteiger charge is 2.37. The molecule has 2 N–H and O–H groups in total. The fourth-order valence-electron chi connectivity index (χ4n) is 2.11. The molecule has 0 saturated carbocycles. The first-order valence-electron chi connectivity index (χ1n) is 6.21. The van der Waals surface area contributed by atoms with Crippen LogP contribution in [-0.4, -0.2) is 25.0 Å². The molecule has 1 amide bonds. The Bertz CT molecular complexity index is 328. The van der Waals surface area contributed by atoms with E-state index >= 15 is 0 Å². The van der Waals surface area contributed by atoms with Crippen molar-refractivity contribution in [3.63, 3.8) is 0 Å². The maximum absolute atomic E-state index is 12.1. The second-order valence-corrected chi connectivity index (χ2v) is 6.19. The molecule has 0 radical (unpaired) electrons. The van der Waals surface area contributed by atoms with Crippen LogP contribution in [0.25, 0.3) is 0 Å². The molecule has 96 valence electrons. The van der Waals surface area contributed by atoms with Gasteiger partial charge in [-0.2, -0.15) is 5.26 Å². The third-order valence-corrected chi connectivity index (χ3v) is 3.40. The van der Waals surface area contributed by atoms with E-state index in [4.69, 9.17) is 5.26 Å². The molecule has 1 rings (SSSR count). The standard InChI is InChI=1S/C13H23N3O/c1-12(2,8-14)9-16-11(17)10-13(3,4)6-5-7-15-10/h10,15H,5-7,9H2,1-4H3,(H,16,17). The van der Waals surface area contributed by atoms with Gasteiger partial charge in [0.2, 0.25) is 5.91 Å². The summed E-state index contributed by atoms with van der Waals surface area (Å²) in [7, 11) is 0. The Morgan fingerprint density at radius 1 is 1.59 bits per heavy atom. The predicted molar refractivity (Wildman–Crippen MR) is 67.2 cm³/mol. The number of carbonyl (C=O) groups excluding carboxylic acids is 1. The summed E-state index contributed by atoms with van der Waals surface area (Å²) in [4.78, 5) is 12.1. The molecule has 1 heterocycles. The van der Waals surface area contributed by atoms with Crippen LogP contribution in [0, 0.1) is 22.2 Å². The Balaban J connectivity index is 2.56. The lowest BCUT2D eigenvalue weighted by Crippen LogP contribution is -2.56. The Morgan fingerprint density at radius 3 is 2.76 bits per heavy atom. The van der Waals surface area contributed by atoms with Crippen LogP contribution in [0.4, 0.5) is 0 Å². The average molecular weight is 237 g/mol. The van der Waals surface area contributed by atoms with Gasteiger partial charge in [0.15, 0.2) is 0 Å². The van der Waals surface area contributed by atoms with Crippen molar-refractivity contribution in [2.45, 2.75) is 46.6 Å². The number of amides is 1. The Hall–Kier alpha value is -1.08. The van der Waals surface area contributed by atoms with Crippen molar-refractivity contribution < 1.29 is 4.79 Å². The largest absolute Gasteiger partial charge is 0.353 e. The Labute approximate surface area is 104 Å². The number of hydrogen-bond acceptors (Lipinski definition) is 3. The smallest absolute Gasteiger partial charge is 0.237 e. The molecule has 4 nitrogen and oxygen atoms in total. The van der Waals surface area contributed by atoms with Crippen LogP contribution < -0.4 is 10.6 Å². The normalized spacial score (nSPS) is 23.8. The van der Waals surface area contributed by atoms with E-state index in [1.165, 1.54) is 0 Å². The number of rotatable bonds is 3. The van der Waals surface area contributed by atoms with E-state index in [9.17, 15) is 4.79 Å². The number of hydrogen-bond donors (Lipinski definition) is 2. The van der Waals surface area contributed by atoms with E-state index in [1.807, 2.05) is 13.8 Å². The number of nitrogens with one attached hydrogen (secondary N) is 2. The van der Waals surface area contributed by atoms with Crippen LogP contribution in [0.3, 0.4) is 0 Å². The van der Waals surface area contributed by atoms with Crippen LogP contribution >= 0.6 is 0 Å². The van der Waals surface area contributed by atoms with Crippen LogP contribution in [-0.2, 0) is 4.79 Å². The summed E-state index contributed by atoms with van der Waals surface area (Å²) in [5.74, 6) is 0.0121. The molecule has 1 saturated heterocycles. The highest BCUT2D eigenvalue weighted by Crippen LogP contribution is 2.30. The zero-order chi connectivity index (χ0) is 13.1. The molecule has 0 spiro atoms. The van der Waals surface area contributed by atoms with Crippen LogP contribution in [0.1, 0.15) is 40.5 Å². The average Bonchev–Trinajstić information content (AvgIpc) is 2.25. The lowest BCUT2D eigenvalue weighted by Gasteiger charge is -2.38. The molecule has 0 aromatic rings. The monoisotopic (exact) mass is 237 g/mol. The molecule has 1 unspecified atom stereocenters. The van der Waals surface area contributed by atoms with E-state index in [-0.39, 0.29) is 17.4 Å². The molecule has 4 heteroatoms. The summed E-state index contributed by atoms with van der Waals surface area (Å²) in [5.41, 5.74) is -0.520. The molecule has 1 fully saturated rings. The zero-order valence-electron chi connectivity index (χ0n) is 11.3. The number of piperidine rings is 1. The van der Waals surface area contributed by atoms with Crippen LogP contribution in [0.15, 0.2) is 0 Å². The third kappa shape index (κ3) is 3.71. The van der Waals surface area contributed by atoms with Crippen molar-refractivity contribution >= 4 is 5.91 Å². The van der Waals surface area contributed by atoms with E-state index in [0.29, 0.717) is 6.54 Å². The molecule has 1 atom stereocenters. The van der Waals surface area contributed by atoms with Crippen LogP contribution in [0.2, 0.25) is 0 Å². The molecule has 0 aliphatic carbocycles. The van der Waals surface area contributed by atoms with Crippen molar-refractivity contribution in [3.05, 3.63) is 0 Å². The van der Waals surface area contributed by atoms with Crippen molar-refractivity contribution in [2.75, 3.05) is 13.1 Å². The van der Waals surface area contributed by atoms with E-state index < -0.39 is 5.41 Å². The summed E-state index contributed by atoms with van der Waals surface area (Å²) < 4.78 is 0. The van der Waals surface area contributed by atoms with Gasteiger partial charge in [-0.05, 0) is 38.6 Å². The van der Waals surface area contributed by atoms with Gasteiger partial charge in [-0.1, -0.05) is 13.8 Å². The second kappa shape index (κ2) is 5.05. The molecule has 0 aromatic heterocycles. The molecule has 0 aromatic carbocycles. The Kier molecular flexibility index (Phi) is 4.16. The van der Waals surface area contributed by atoms with Gasteiger partial charge in [-0.25, -0.2) is 0 Å². The zero-order valence-corrected chi connectivity index (χ0v) is 11.3. The minimum atomic E-state index is -0.505. The van der Waals surface area contributed by atoms with Gasteiger partial charge in [0.05, 0.1) is 17.5 Å². The van der Waals surface area contributed by atoms with Crippen molar-refractivity contribution in [1.29, 1.82) is 5.26 Å². The lowest BCUT2D eigenvalue weighted by atomic mass is 9.77. The molecule has 0 bridgehead atoms. The van der Waals surface area contributed by atoms with Gasteiger partial charge < -0.3 is 10.6 Å². The topological polar surface area (TPSA) is 64.9 Å². The van der Waals surface area contributed by atoms with Crippen molar-refractivity contribution in [1.82, 2.24) is 10.6 Å². The van der Waals surface area contributed by atoms with Gasteiger partial charge in [0.1, 0.15) is 0 Å². The first-order valence-corrected chi connectivity index (χ1v) is 6.21. The summed E-state index contributed by atoms with van der Waals surface area (Å²) in [5, 5.41) is 15.0. The maximum Gasteiger partial charge on any atom is 0.237 e. The second-order valence-electron chi connectivity index (χ2n) is 6.19. The molecule has 17 heavy (non-hydrogen) atoms. The first-order chi connectivity index (χ1) is 7.78. The number of carbonyl (C=O) groups is 1. The Morgan fingerprint density at radius 2 is 2.24 bits per heavy atom. The highest BCUT2D eigenvalue weighted by atomic mass is 16.2. The summed E-state index contributed by atoms with van der Waals surface area (Å²) >= 11 is 0.